The number of carbonyl (C=O) groups is 1. The third kappa shape index (κ3) is 4.95. The van der Waals surface area contributed by atoms with Gasteiger partial charge in [-0.1, -0.05) is 59.8 Å². The van der Waals surface area contributed by atoms with Crippen LogP contribution in [0.1, 0.15) is 19.4 Å². The van der Waals surface area contributed by atoms with E-state index in [-0.39, 0.29) is 17.7 Å². The molecule has 1 aromatic heterocycles. The van der Waals surface area contributed by atoms with Gasteiger partial charge in [-0.15, -0.1) is 16.8 Å². The molecule has 0 saturated carbocycles. The van der Waals surface area contributed by atoms with E-state index in [1.54, 1.807) is 0 Å². The summed E-state index contributed by atoms with van der Waals surface area (Å²) in [6.07, 6.45) is 1.82. The van der Waals surface area contributed by atoms with E-state index < -0.39 is 0 Å². The molecule has 0 aliphatic heterocycles. The second-order valence-electron chi connectivity index (χ2n) is 7.06. The molecular formula is C23H26N4OS. The van der Waals surface area contributed by atoms with Crippen LogP contribution in [0.3, 0.4) is 0 Å². The maximum absolute atomic E-state index is 13.0. The lowest BCUT2D eigenvalue weighted by Gasteiger charge is -2.26. The van der Waals surface area contributed by atoms with Gasteiger partial charge in [0.15, 0.2) is 11.0 Å². The molecule has 3 rings (SSSR count). The molecule has 1 amide bonds. The summed E-state index contributed by atoms with van der Waals surface area (Å²) < 4.78 is 2.00. The highest BCUT2D eigenvalue weighted by Crippen LogP contribution is 2.26. The first-order valence-electron chi connectivity index (χ1n) is 9.62. The SMILES string of the molecule is C=CCn1c(SCC(=O)N(c2ccccc2)C(C)C)nnc1-c1cccc(C)c1. The van der Waals surface area contributed by atoms with Gasteiger partial charge in [0.1, 0.15) is 0 Å². The van der Waals surface area contributed by atoms with Gasteiger partial charge in [0, 0.05) is 23.8 Å². The molecule has 0 atom stereocenters. The second-order valence-corrected chi connectivity index (χ2v) is 8.00. The van der Waals surface area contributed by atoms with E-state index in [9.17, 15) is 4.79 Å². The Balaban J connectivity index is 1.81. The van der Waals surface area contributed by atoms with Gasteiger partial charge in [0.05, 0.1) is 5.75 Å². The third-order valence-corrected chi connectivity index (χ3v) is 5.40. The van der Waals surface area contributed by atoms with E-state index in [1.165, 1.54) is 11.8 Å². The second kappa shape index (κ2) is 9.56. The Morgan fingerprint density at radius 3 is 2.59 bits per heavy atom. The highest BCUT2D eigenvalue weighted by Gasteiger charge is 2.21. The number of carbonyl (C=O) groups excluding carboxylic acids is 1. The Morgan fingerprint density at radius 2 is 1.93 bits per heavy atom. The van der Waals surface area contributed by atoms with Crippen LogP contribution in [0.25, 0.3) is 11.4 Å². The van der Waals surface area contributed by atoms with Crippen molar-refractivity contribution >= 4 is 23.4 Å². The molecule has 0 radical (unpaired) electrons. The van der Waals surface area contributed by atoms with Gasteiger partial charge < -0.3 is 4.90 Å². The highest BCUT2D eigenvalue weighted by molar-refractivity contribution is 7.99. The fraction of sp³-hybridized carbons (Fsp3) is 0.261. The first kappa shape index (κ1) is 20.9. The van der Waals surface area contributed by atoms with Crippen LogP contribution in [-0.2, 0) is 11.3 Å². The van der Waals surface area contributed by atoms with Crippen molar-refractivity contribution in [2.75, 3.05) is 10.7 Å². The molecule has 1 heterocycles. The predicted octanol–water partition coefficient (Wildman–Crippen LogP) is 4.97. The quantitative estimate of drug-likeness (QED) is 0.391. The zero-order chi connectivity index (χ0) is 20.8. The number of nitrogens with zero attached hydrogens (tertiary/aromatic N) is 4. The molecule has 0 saturated heterocycles. The smallest absolute Gasteiger partial charge is 0.237 e. The molecule has 0 spiro atoms. The molecule has 0 bridgehead atoms. The summed E-state index contributed by atoms with van der Waals surface area (Å²) in [6, 6.07) is 18.0. The van der Waals surface area contributed by atoms with E-state index >= 15 is 0 Å². The molecule has 150 valence electrons. The van der Waals surface area contributed by atoms with Crippen molar-refractivity contribution in [3.8, 4) is 11.4 Å². The van der Waals surface area contributed by atoms with Crippen LogP contribution in [0.2, 0.25) is 0 Å². The van der Waals surface area contributed by atoms with Crippen molar-refractivity contribution in [2.24, 2.45) is 0 Å². The average molecular weight is 407 g/mol. The number of anilines is 1. The monoisotopic (exact) mass is 406 g/mol. The number of aromatic nitrogens is 3. The van der Waals surface area contributed by atoms with Gasteiger partial charge >= 0.3 is 0 Å². The van der Waals surface area contributed by atoms with Crippen LogP contribution < -0.4 is 4.90 Å². The average Bonchev–Trinajstić information content (AvgIpc) is 3.10. The molecule has 0 N–H and O–H groups in total. The number of rotatable bonds is 8. The lowest BCUT2D eigenvalue weighted by molar-refractivity contribution is -0.116. The number of aryl methyl sites for hydroxylation is 1. The van der Waals surface area contributed by atoms with E-state index in [0.717, 1.165) is 22.6 Å². The molecule has 2 aromatic carbocycles. The van der Waals surface area contributed by atoms with Crippen LogP contribution in [0.15, 0.2) is 72.4 Å². The number of benzene rings is 2. The minimum absolute atomic E-state index is 0.0430. The van der Waals surface area contributed by atoms with Gasteiger partial charge in [0.25, 0.3) is 0 Å². The van der Waals surface area contributed by atoms with Crippen molar-refractivity contribution in [1.29, 1.82) is 0 Å². The summed E-state index contributed by atoms with van der Waals surface area (Å²) in [6.45, 7) is 10.5. The molecule has 0 fully saturated rings. The minimum atomic E-state index is 0.0430. The summed E-state index contributed by atoms with van der Waals surface area (Å²) in [7, 11) is 0. The number of hydrogen-bond acceptors (Lipinski definition) is 4. The standard InChI is InChI=1S/C23H26N4OS/c1-5-14-26-22(19-11-9-10-18(4)15-19)24-25-23(26)29-16-21(28)27(17(2)3)20-12-7-6-8-13-20/h5-13,15,17H,1,14,16H2,2-4H3. The zero-order valence-electron chi connectivity index (χ0n) is 17.1. The summed E-state index contributed by atoms with van der Waals surface area (Å²) in [4.78, 5) is 14.8. The fourth-order valence-corrected chi connectivity index (χ4v) is 4.01. The lowest BCUT2D eigenvalue weighted by atomic mass is 10.1. The predicted molar refractivity (Wildman–Crippen MR) is 120 cm³/mol. The maximum atomic E-state index is 13.0. The first-order chi connectivity index (χ1) is 14.0. The van der Waals surface area contributed by atoms with Crippen LogP contribution in [0.4, 0.5) is 5.69 Å². The Bertz CT molecular complexity index is 982. The van der Waals surface area contributed by atoms with E-state index in [0.29, 0.717) is 11.7 Å². The zero-order valence-corrected chi connectivity index (χ0v) is 17.9. The molecule has 6 heteroatoms. The number of para-hydroxylation sites is 1. The topological polar surface area (TPSA) is 51.0 Å². The largest absolute Gasteiger partial charge is 0.309 e. The van der Waals surface area contributed by atoms with Crippen LogP contribution >= 0.6 is 11.8 Å². The number of hydrogen-bond donors (Lipinski definition) is 0. The van der Waals surface area contributed by atoms with Crippen LogP contribution in [-0.4, -0.2) is 32.5 Å². The van der Waals surface area contributed by atoms with E-state index in [1.807, 2.05) is 71.9 Å². The Labute approximate surface area is 176 Å². The van der Waals surface area contributed by atoms with E-state index in [4.69, 9.17) is 0 Å². The normalized spacial score (nSPS) is 10.9. The van der Waals surface area contributed by atoms with Gasteiger partial charge in [-0.2, -0.15) is 0 Å². The molecule has 0 unspecified atom stereocenters. The minimum Gasteiger partial charge on any atom is -0.309 e. The molecule has 0 aliphatic rings. The maximum Gasteiger partial charge on any atom is 0.237 e. The lowest BCUT2D eigenvalue weighted by Crippen LogP contribution is -2.38. The van der Waals surface area contributed by atoms with Gasteiger partial charge in [-0.3, -0.25) is 9.36 Å². The third-order valence-electron chi connectivity index (χ3n) is 4.45. The van der Waals surface area contributed by atoms with Crippen LogP contribution in [0, 0.1) is 6.92 Å². The van der Waals surface area contributed by atoms with Gasteiger partial charge in [-0.25, -0.2) is 0 Å². The molecule has 5 nitrogen and oxygen atoms in total. The summed E-state index contributed by atoms with van der Waals surface area (Å²) in [5.41, 5.74) is 3.07. The molecule has 0 aliphatic carbocycles. The molecular weight excluding hydrogens is 380 g/mol. The molecule has 3 aromatic rings. The van der Waals surface area contributed by atoms with Crippen molar-refractivity contribution in [3.05, 3.63) is 72.8 Å². The first-order valence-corrected chi connectivity index (χ1v) is 10.6. The number of allylic oxidation sites excluding steroid dienone is 1. The van der Waals surface area contributed by atoms with Gasteiger partial charge in [0.2, 0.25) is 5.91 Å². The summed E-state index contributed by atoms with van der Waals surface area (Å²) >= 11 is 1.41. The summed E-state index contributed by atoms with van der Waals surface area (Å²) in [5, 5.41) is 9.44. The Hall–Kier alpha value is -2.86. The Kier molecular flexibility index (Phi) is 6.88. The molecule has 29 heavy (non-hydrogen) atoms. The van der Waals surface area contributed by atoms with Crippen molar-refractivity contribution in [1.82, 2.24) is 14.8 Å². The van der Waals surface area contributed by atoms with Gasteiger partial charge in [-0.05, 0) is 39.0 Å². The van der Waals surface area contributed by atoms with Crippen molar-refractivity contribution in [2.45, 2.75) is 38.5 Å². The van der Waals surface area contributed by atoms with Crippen molar-refractivity contribution in [3.63, 3.8) is 0 Å². The highest BCUT2D eigenvalue weighted by atomic mass is 32.2. The number of amides is 1. The fourth-order valence-electron chi connectivity index (χ4n) is 3.20. The summed E-state index contributed by atoms with van der Waals surface area (Å²) in [5.74, 6) is 1.12. The van der Waals surface area contributed by atoms with Crippen molar-refractivity contribution < 1.29 is 4.79 Å². The Morgan fingerprint density at radius 1 is 1.17 bits per heavy atom. The number of thioether (sulfide) groups is 1. The van der Waals surface area contributed by atoms with E-state index in [2.05, 4.69) is 35.8 Å². The van der Waals surface area contributed by atoms with Crippen LogP contribution in [0.5, 0.6) is 0 Å².